The van der Waals surface area contributed by atoms with E-state index in [-0.39, 0.29) is 0 Å². The van der Waals surface area contributed by atoms with Crippen molar-refractivity contribution in [3.8, 4) is 11.4 Å². The number of aryl methyl sites for hydroxylation is 1. The number of hydrogen-bond acceptors (Lipinski definition) is 11. The van der Waals surface area contributed by atoms with E-state index in [1.807, 2.05) is 36.7 Å². The predicted octanol–water partition coefficient (Wildman–Crippen LogP) is 2.78. The second-order valence-corrected chi connectivity index (χ2v) is 9.95. The van der Waals surface area contributed by atoms with Crippen molar-refractivity contribution in [2.45, 2.75) is 38.7 Å². The minimum absolute atomic E-state index is 0.456. The molecule has 0 amide bonds. The number of tetrazole rings is 1. The number of benzene rings is 1. The Bertz CT molecular complexity index is 1350. The van der Waals surface area contributed by atoms with E-state index in [0.29, 0.717) is 12.5 Å². The summed E-state index contributed by atoms with van der Waals surface area (Å²) in [5.41, 5.74) is 3.02. The molecule has 0 unspecified atom stereocenters. The summed E-state index contributed by atoms with van der Waals surface area (Å²) in [5, 5.41) is 14.5. The molecule has 1 aromatic carbocycles. The summed E-state index contributed by atoms with van der Waals surface area (Å²) in [6, 6.07) is 7.67. The molecule has 1 saturated heterocycles. The van der Waals surface area contributed by atoms with Crippen LogP contribution in [0.3, 0.4) is 0 Å². The quantitative estimate of drug-likeness (QED) is 0.325. The van der Waals surface area contributed by atoms with Crippen LogP contribution in [-0.4, -0.2) is 65.8 Å². The monoisotopic (exact) mass is 546 g/mol. The molecule has 1 fully saturated rings. The predicted molar refractivity (Wildman–Crippen MR) is 135 cm³/mol. The van der Waals surface area contributed by atoms with E-state index < -0.39 is 10.4 Å². The molecule has 4 aromatic rings. The lowest BCUT2D eigenvalue weighted by atomic mass is 9.98. The summed E-state index contributed by atoms with van der Waals surface area (Å²) in [7, 11) is -4.67. The molecule has 1 aliphatic rings. The molecule has 0 saturated carbocycles. The number of hydrogen-bond donors (Lipinski definition) is 2. The highest BCUT2D eigenvalue weighted by Crippen LogP contribution is 2.31. The zero-order chi connectivity index (χ0) is 26.3. The van der Waals surface area contributed by atoms with Crippen molar-refractivity contribution >= 4 is 27.7 Å². The number of thiazole rings is 1. The van der Waals surface area contributed by atoms with Gasteiger partial charge in [-0.05, 0) is 59.5 Å². The first kappa shape index (κ1) is 26.5. The second kappa shape index (κ2) is 12.1. The third-order valence-electron chi connectivity index (χ3n) is 5.63. The standard InChI is InChI=1S/C22H24N8OS.H2O4S/c1-2-16-11-23-22(24-12-16)29-9-7-17(8-10-29)21-26-18(14-32-21)13-31-20-5-3-19(4-6-20)30-15-25-27-28-30;1-5(2,3)4/h3-6,11-12,14-15,17H,2,7-10,13H2,1H3;(H2,1,2,3,4). The number of anilines is 1. The third-order valence-corrected chi connectivity index (χ3v) is 6.69. The SMILES string of the molecule is CCc1cnc(N2CCC(c3nc(COc4ccc(-n5cnnn5)cc4)cs3)CC2)nc1.O=S(=O)(O)O. The van der Waals surface area contributed by atoms with E-state index >= 15 is 0 Å². The van der Waals surface area contributed by atoms with Crippen LogP contribution in [0.1, 0.15) is 41.9 Å². The van der Waals surface area contributed by atoms with Gasteiger partial charge in [-0.1, -0.05) is 6.92 Å². The van der Waals surface area contributed by atoms with Crippen LogP contribution in [0.5, 0.6) is 5.75 Å². The normalized spacial score (nSPS) is 14.2. The summed E-state index contributed by atoms with van der Waals surface area (Å²) in [4.78, 5) is 16.2. The molecule has 4 heterocycles. The highest BCUT2D eigenvalue weighted by Gasteiger charge is 2.24. The largest absolute Gasteiger partial charge is 0.487 e. The van der Waals surface area contributed by atoms with Gasteiger partial charge in [0.05, 0.1) is 16.4 Å². The highest BCUT2D eigenvalue weighted by atomic mass is 32.3. The Morgan fingerprint density at radius 1 is 1.11 bits per heavy atom. The van der Waals surface area contributed by atoms with Gasteiger partial charge >= 0.3 is 10.4 Å². The smallest absolute Gasteiger partial charge is 0.394 e. The van der Waals surface area contributed by atoms with Crippen molar-refractivity contribution in [3.63, 3.8) is 0 Å². The van der Waals surface area contributed by atoms with E-state index in [2.05, 4.69) is 42.7 Å². The number of piperidine rings is 1. The molecule has 0 bridgehead atoms. The van der Waals surface area contributed by atoms with Gasteiger partial charge in [0.15, 0.2) is 0 Å². The van der Waals surface area contributed by atoms with E-state index in [9.17, 15) is 0 Å². The van der Waals surface area contributed by atoms with E-state index in [0.717, 1.165) is 55.4 Å². The second-order valence-electron chi connectivity index (χ2n) is 8.17. The van der Waals surface area contributed by atoms with Crippen molar-refractivity contribution in [2.24, 2.45) is 0 Å². The van der Waals surface area contributed by atoms with Crippen LogP contribution in [0.15, 0.2) is 48.4 Å². The van der Waals surface area contributed by atoms with E-state index in [1.54, 1.807) is 22.3 Å². The fourth-order valence-corrected chi connectivity index (χ4v) is 4.70. The molecule has 196 valence electrons. The van der Waals surface area contributed by atoms with Gasteiger partial charge in [-0.15, -0.1) is 16.4 Å². The Kier molecular flexibility index (Phi) is 8.70. The maximum atomic E-state index is 8.74. The maximum absolute atomic E-state index is 8.74. The molecule has 0 radical (unpaired) electrons. The van der Waals surface area contributed by atoms with Gasteiger partial charge in [-0.25, -0.2) is 19.6 Å². The number of rotatable bonds is 7. The molecule has 3 aromatic heterocycles. The zero-order valence-corrected chi connectivity index (χ0v) is 21.6. The Morgan fingerprint density at radius 3 is 2.38 bits per heavy atom. The third kappa shape index (κ3) is 7.98. The molecular formula is C22H26N8O5S2. The lowest BCUT2D eigenvalue weighted by molar-refractivity contribution is 0.301. The molecule has 0 aliphatic carbocycles. The van der Waals surface area contributed by atoms with Gasteiger partial charge in [-0.3, -0.25) is 9.11 Å². The average Bonchev–Trinajstić information content (AvgIpc) is 3.60. The molecule has 15 heteroatoms. The summed E-state index contributed by atoms with van der Waals surface area (Å²) >= 11 is 1.73. The number of nitrogens with zero attached hydrogens (tertiary/aromatic N) is 8. The summed E-state index contributed by atoms with van der Waals surface area (Å²) in [5.74, 6) is 2.11. The minimum atomic E-state index is -4.67. The lowest BCUT2D eigenvalue weighted by Gasteiger charge is -2.31. The summed E-state index contributed by atoms with van der Waals surface area (Å²) in [6.45, 7) is 4.48. The van der Waals surface area contributed by atoms with E-state index in [1.165, 1.54) is 10.6 Å². The molecule has 37 heavy (non-hydrogen) atoms. The van der Waals surface area contributed by atoms with Crippen molar-refractivity contribution in [1.29, 1.82) is 0 Å². The topological polar surface area (TPSA) is 169 Å². The first-order valence-electron chi connectivity index (χ1n) is 11.4. The number of ether oxygens (including phenoxy) is 1. The van der Waals surface area contributed by atoms with Crippen molar-refractivity contribution in [3.05, 3.63) is 64.6 Å². The fraction of sp³-hybridized carbons (Fsp3) is 0.364. The van der Waals surface area contributed by atoms with Gasteiger partial charge < -0.3 is 9.64 Å². The lowest BCUT2D eigenvalue weighted by Crippen LogP contribution is -2.34. The van der Waals surface area contributed by atoms with Crippen LogP contribution >= 0.6 is 11.3 Å². The van der Waals surface area contributed by atoms with Gasteiger partial charge in [0.2, 0.25) is 5.95 Å². The van der Waals surface area contributed by atoms with Crippen LogP contribution in [0.4, 0.5) is 5.95 Å². The van der Waals surface area contributed by atoms with Crippen LogP contribution < -0.4 is 9.64 Å². The van der Waals surface area contributed by atoms with Gasteiger partial charge in [0.1, 0.15) is 18.7 Å². The molecule has 2 N–H and O–H groups in total. The summed E-state index contributed by atoms with van der Waals surface area (Å²) < 4.78 is 39.1. The number of aromatic nitrogens is 7. The van der Waals surface area contributed by atoms with Crippen molar-refractivity contribution in [1.82, 2.24) is 35.2 Å². The fourth-order valence-electron chi connectivity index (χ4n) is 3.73. The van der Waals surface area contributed by atoms with Crippen LogP contribution in [0.25, 0.3) is 5.69 Å². The molecule has 1 aliphatic heterocycles. The van der Waals surface area contributed by atoms with Gasteiger partial charge in [-0.2, -0.15) is 8.42 Å². The van der Waals surface area contributed by atoms with Gasteiger partial charge in [0.25, 0.3) is 0 Å². The van der Waals surface area contributed by atoms with Crippen LogP contribution in [0.2, 0.25) is 0 Å². The Balaban J connectivity index is 0.000000586. The maximum Gasteiger partial charge on any atom is 0.394 e. The first-order valence-corrected chi connectivity index (χ1v) is 13.7. The minimum Gasteiger partial charge on any atom is -0.487 e. The van der Waals surface area contributed by atoms with Gasteiger partial charge in [0, 0.05) is 36.8 Å². The molecule has 5 rings (SSSR count). The first-order chi connectivity index (χ1) is 17.8. The highest BCUT2D eigenvalue weighted by molar-refractivity contribution is 7.79. The average molecular weight is 547 g/mol. The molecule has 13 nitrogen and oxygen atoms in total. The van der Waals surface area contributed by atoms with Crippen molar-refractivity contribution in [2.75, 3.05) is 18.0 Å². The zero-order valence-electron chi connectivity index (χ0n) is 20.0. The Labute approximate surface area is 217 Å². The van der Waals surface area contributed by atoms with Crippen LogP contribution in [-0.2, 0) is 23.4 Å². The molecule has 0 spiro atoms. The molecule has 0 atom stereocenters. The summed E-state index contributed by atoms with van der Waals surface area (Å²) in [6.07, 6.45) is 8.51. The Hall–Kier alpha value is -3.53. The Morgan fingerprint density at radius 2 is 1.78 bits per heavy atom. The van der Waals surface area contributed by atoms with E-state index in [4.69, 9.17) is 27.2 Å². The van der Waals surface area contributed by atoms with Crippen molar-refractivity contribution < 1.29 is 22.3 Å². The van der Waals surface area contributed by atoms with Crippen LogP contribution in [0, 0.1) is 0 Å². The molecular weight excluding hydrogens is 520 g/mol.